The molecule has 0 aliphatic carbocycles. The molecule has 0 saturated carbocycles. The molecule has 0 saturated heterocycles. The molecule has 0 heterocycles. The first kappa shape index (κ1) is 13.4. The van der Waals surface area contributed by atoms with Gasteiger partial charge < -0.3 is 14.6 Å². The standard InChI is InChI=1S/C13H18O4/c1-4-10(13(14)15)7-9-5-6-11(16-2)12(8-9)17-3/h5-6,8,10H,4,7H2,1-3H3,(H,14,15). The predicted molar refractivity (Wildman–Crippen MR) is 64.7 cm³/mol. The van der Waals surface area contributed by atoms with Crippen LogP contribution in [0.25, 0.3) is 0 Å². The summed E-state index contributed by atoms with van der Waals surface area (Å²) in [6, 6.07) is 5.49. The van der Waals surface area contributed by atoms with Crippen LogP contribution in [-0.4, -0.2) is 25.3 Å². The molecule has 0 radical (unpaired) electrons. The first-order valence-electron chi connectivity index (χ1n) is 5.56. The summed E-state index contributed by atoms with van der Waals surface area (Å²) in [6.45, 7) is 1.87. The topological polar surface area (TPSA) is 55.8 Å². The Morgan fingerprint density at radius 2 is 1.94 bits per heavy atom. The summed E-state index contributed by atoms with van der Waals surface area (Å²) in [4.78, 5) is 11.0. The molecule has 1 aromatic rings. The van der Waals surface area contributed by atoms with Crippen LogP contribution in [0.5, 0.6) is 11.5 Å². The van der Waals surface area contributed by atoms with Gasteiger partial charge in [0.2, 0.25) is 0 Å². The lowest BCUT2D eigenvalue weighted by Gasteiger charge is -2.12. The van der Waals surface area contributed by atoms with Crippen LogP contribution in [0.2, 0.25) is 0 Å². The number of ether oxygens (including phenoxy) is 2. The molecule has 94 valence electrons. The fraction of sp³-hybridized carbons (Fsp3) is 0.462. The van der Waals surface area contributed by atoms with Crippen molar-refractivity contribution in [2.24, 2.45) is 5.92 Å². The van der Waals surface area contributed by atoms with E-state index in [-0.39, 0.29) is 5.92 Å². The number of rotatable bonds is 6. The summed E-state index contributed by atoms with van der Waals surface area (Å²) < 4.78 is 10.3. The van der Waals surface area contributed by atoms with Gasteiger partial charge in [-0.3, -0.25) is 4.79 Å². The van der Waals surface area contributed by atoms with Crippen LogP contribution in [0, 0.1) is 5.92 Å². The first-order chi connectivity index (χ1) is 8.12. The normalized spacial score (nSPS) is 11.9. The molecule has 0 aliphatic heterocycles. The highest BCUT2D eigenvalue weighted by Crippen LogP contribution is 2.28. The lowest BCUT2D eigenvalue weighted by Crippen LogP contribution is -2.15. The number of methoxy groups -OCH3 is 2. The van der Waals surface area contributed by atoms with Gasteiger partial charge >= 0.3 is 5.97 Å². The Morgan fingerprint density at radius 1 is 1.29 bits per heavy atom. The van der Waals surface area contributed by atoms with Crippen molar-refractivity contribution in [2.45, 2.75) is 19.8 Å². The molecular weight excluding hydrogens is 220 g/mol. The number of carboxylic acid groups (broad SMARTS) is 1. The minimum atomic E-state index is -0.762. The number of benzene rings is 1. The van der Waals surface area contributed by atoms with Gasteiger partial charge in [-0.25, -0.2) is 0 Å². The van der Waals surface area contributed by atoms with E-state index < -0.39 is 5.97 Å². The van der Waals surface area contributed by atoms with Crippen molar-refractivity contribution < 1.29 is 19.4 Å². The Labute approximate surface area is 101 Å². The highest BCUT2D eigenvalue weighted by molar-refractivity contribution is 5.70. The molecule has 1 atom stereocenters. The van der Waals surface area contributed by atoms with Crippen LogP contribution in [0.1, 0.15) is 18.9 Å². The molecule has 1 rings (SSSR count). The largest absolute Gasteiger partial charge is 0.493 e. The van der Waals surface area contributed by atoms with E-state index in [1.165, 1.54) is 0 Å². The zero-order valence-corrected chi connectivity index (χ0v) is 10.4. The van der Waals surface area contributed by atoms with Gasteiger partial charge in [0.05, 0.1) is 20.1 Å². The van der Waals surface area contributed by atoms with E-state index in [1.807, 2.05) is 19.1 Å². The maximum Gasteiger partial charge on any atom is 0.306 e. The van der Waals surface area contributed by atoms with Gasteiger partial charge in [-0.05, 0) is 30.5 Å². The maximum absolute atomic E-state index is 11.0. The summed E-state index contributed by atoms with van der Waals surface area (Å²) in [5.74, 6) is 0.167. The van der Waals surface area contributed by atoms with Gasteiger partial charge in [-0.1, -0.05) is 13.0 Å². The molecule has 0 spiro atoms. The first-order valence-corrected chi connectivity index (χ1v) is 5.56. The van der Waals surface area contributed by atoms with Crippen molar-refractivity contribution in [1.82, 2.24) is 0 Å². The molecule has 0 amide bonds. The summed E-state index contributed by atoms with van der Waals surface area (Å²) in [6.07, 6.45) is 1.12. The summed E-state index contributed by atoms with van der Waals surface area (Å²) in [5, 5.41) is 9.01. The number of hydrogen-bond donors (Lipinski definition) is 1. The second-order valence-electron chi connectivity index (χ2n) is 3.84. The van der Waals surface area contributed by atoms with Gasteiger partial charge in [-0.2, -0.15) is 0 Å². The smallest absolute Gasteiger partial charge is 0.306 e. The molecule has 17 heavy (non-hydrogen) atoms. The summed E-state index contributed by atoms with van der Waals surface area (Å²) in [5.41, 5.74) is 0.942. The Morgan fingerprint density at radius 3 is 2.41 bits per heavy atom. The van der Waals surface area contributed by atoms with Gasteiger partial charge in [-0.15, -0.1) is 0 Å². The number of aliphatic carboxylic acids is 1. The molecule has 0 bridgehead atoms. The third kappa shape index (κ3) is 3.37. The summed E-state index contributed by atoms with van der Waals surface area (Å²) in [7, 11) is 3.14. The van der Waals surface area contributed by atoms with Gasteiger partial charge in [0.15, 0.2) is 11.5 Å². The van der Waals surface area contributed by atoms with Crippen LogP contribution >= 0.6 is 0 Å². The van der Waals surface area contributed by atoms with Crippen molar-refractivity contribution in [1.29, 1.82) is 0 Å². The van der Waals surface area contributed by atoms with Crippen molar-refractivity contribution in [2.75, 3.05) is 14.2 Å². The highest BCUT2D eigenvalue weighted by Gasteiger charge is 2.16. The fourth-order valence-electron chi connectivity index (χ4n) is 1.70. The third-order valence-corrected chi connectivity index (χ3v) is 2.77. The molecule has 1 N–H and O–H groups in total. The lowest BCUT2D eigenvalue weighted by molar-refractivity contribution is -0.141. The van der Waals surface area contributed by atoms with Gasteiger partial charge in [0, 0.05) is 0 Å². The Balaban J connectivity index is 2.88. The van der Waals surface area contributed by atoms with E-state index >= 15 is 0 Å². The second-order valence-corrected chi connectivity index (χ2v) is 3.84. The Kier molecular flexibility index (Phi) is 4.82. The number of hydrogen-bond acceptors (Lipinski definition) is 3. The maximum atomic E-state index is 11.0. The molecule has 0 aromatic heterocycles. The molecule has 0 aliphatic rings. The van der Waals surface area contributed by atoms with Crippen LogP contribution < -0.4 is 9.47 Å². The second kappa shape index (κ2) is 6.13. The number of carbonyl (C=O) groups is 1. The molecule has 0 fully saturated rings. The van der Waals surface area contributed by atoms with Gasteiger partial charge in [0.1, 0.15) is 0 Å². The lowest BCUT2D eigenvalue weighted by atomic mass is 9.97. The van der Waals surface area contributed by atoms with Crippen LogP contribution in [0.15, 0.2) is 18.2 Å². The van der Waals surface area contributed by atoms with E-state index in [0.29, 0.717) is 24.3 Å². The predicted octanol–water partition coefficient (Wildman–Crippen LogP) is 2.36. The van der Waals surface area contributed by atoms with Crippen molar-refractivity contribution in [3.63, 3.8) is 0 Å². The van der Waals surface area contributed by atoms with Crippen LogP contribution in [0.4, 0.5) is 0 Å². The van der Waals surface area contributed by atoms with Crippen molar-refractivity contribution in [3.8, 4) is 11.5 Å². The third-order valence-electron chi connectivity index (χ3n) is 2.77. The zero-order valence-electron chi connectivity index (χ0n) is 10.4. The monoisotopic (exact) mass is 238 g/mol. The molecule has 4 heteroatoms. The molecule has 4 nitrogen and oxygen atoms in total. The quantitative estimate of drug-likeness (QED) is 0.826. The Bertz CT molecular complexity index is 387. The van der Waals surface area contributed by atoms with Crippen LogP contribution in [0.3, 0.4) is 0 Å². The van der Waals surface area contributed by atoms with Crippen LogP contribution in [-0.2, 0) is 11.2 Å². The Hall–Kier alpha value is -1.71. The van der Waals surface area contributed by atoms with E-state index in [0.717, 1.165) is 5.56 Å². The molecular formula is C13H18O4. The zero-order chi connectivity index (χ0) is 12.8. The summed E-state index contributed by atoms with van der Waals surface area (Å²) >= 11 is 0. The van der Waals surface area contributed by atoms with Gasteiger partial charge in [0.25, 0.3) is 0 Å². The van der Waals surface area contributed by atoms with Crippen molar-refractivity contribution in [3.05, 3.63) is 23.8 Å². The van der Waals surface area contributed by atoms with Crippen molar-refractivity contribution >= 4 is 5.97 Å². The average molecular weight is 238 g/mol. The fourth-order valence-corrected chi connectivity index (χ4v) is 1.70. The average Bonchev–Trinajstić information content (AvgIpc) is 2.35. The minimum Gasteiger partial charge on any atom is -0.493 e. The van der Waals surface area contributed by atoms with E-state index in [1.54, 1.807) is 20.3 Å². The molecule has 1 unspecified atom stereocenters. The minimum absolute atomic E-state index is 0.354. The van der Waals surface area contributed by atoms with E-state index in [4.69, 9.17) is 14.6 Å². The highest BCUT2D eigenvalue weighted by atomic mass is 16.5. The van der Waals surface area contributed by atoms with E-state index in [9.17, 15) is 4.79 Å². The SMILES string of the molecule is CCC(Cc1ccc(OC)c(OC)c1)C(=O)O. The molecule has 1 aromatic carbocycles. The number of carboxylic acids is 1. The van der Waals surface area contributed by atoms with E-state index in [2.05, 4.69) is 0 Å².